The van der Waals surface area contributed by atoms with E-state index in [1.807, 2.05) is 29.8 Å². The summed E-state index contributed by atoms with van der Waals surface area (Å²) >= 11 is 1.68. The van der Waals surface area contributed by atoms with E-state index in [1.54, 1.807) is 11.8 Å². The second kappa shape index (κ2) is 6.58. The van der Waals surface area contributed by atoms with E-state index in [0.717, 1.165) is 40.8 Å². The number of hydrogen-bond donors (Lipinski definition) is 0. The van der Waals surface area contributed by atoms with Crippen LogP contribution in [0.3, 0.4) is 0 Å². The summed E-state index contributed by atoms with van der Waals surface area (Å²) in [5.74, 6) is 2.66. The van der Waals surface area contributed by atoms with Gasteiger partial charge in [-0.15, -0.1) is 11.8 Å². The fourth-order valence-electron chi connectivity index (χ4n) is 2.05. The number of rotatable bonds is 5. The summed E-state index contributed by atoms with van der Waals surface area (Å²) in [5.41, 5.74) is 1.51. The molecule has 0 unspecified atom stereocenters. The van der Waals surface area contributed by atoms with Crippen LogP contribution in [0.2, 0.25) is 0 Å². The lowest BCUT2D eigenvalue weighted by atomic mass is 10.2. The summed E-state index contributed by atoms with van der Waals surface area (Å²) in [7, 11) is 0. The van der Waals surface area contributed by atoms with Crippen LogP contribution in [0.1, 0.15) is 38.0 Å². The van der Waals surface area contributed by atoms with E-state index in [0.29, 0.717) is 5.56 Å². The van der Waals surface area contributed by atoms with Crippen LogP contribution in [0.4, 0.5) is 0 Å². The van der Waals surface area contributed by atoms with Crippen LogP contribution < -0.4 is 0 Å². The number of benzene rings is 1. The number of aryl methyl sites for hydroxylation is 2. The van der Waals surface area contributed by atoms with Gasteiger partial charge in [-0.3, -0.25) is 0 Å². The summed E-state index contributed by atoms with van der Waals surface area (Å²) in [4.78, 5) is 5.51. The molecule has 0 fully saturated rings. The largest absolute Gasteiger partial charge is 0.216 e. The molecule has 0 bridgehead atoms. The van der Waals surface area contributed by atoms with Gasteiger partial charge in [-0.25, -0.2) is 9.67 Å². The van der Waals surface area contributed by atoms with Gasteiger partial charge in [0, 0.05) is 17.7 Å². The molecule has 20 heavy (non-hydrogen) atoms. The van der Waals surface area contributed by atoms with E-state index in [-0.39, 0.29) is 0 Å². The molecule has 2 aromatic rings. The molecular weight excluding hydrogens is 268 g/mol. The van der Waals surface area contributed by atoms with Crippen LogP contribution in [0.25, 0.3) is 5.69 Å². The highest BCUT2D eigenvalue weighted by Crippen LogP contribution is 2.27. The minimum absolute atomic E-state index is 0.682. The Kier molecular flexibility index (Phi) is 4.80. The van der Waals surface area contributed by atoms with Gasteiger partial charge in [0.2, 0.25) is 0 Å². The van der Waals surface area contributed by atoms with Crippen molar-refractivity contribution in [3.05, 3.63) is 35.4 Å². The Morgan fingerprint density at radius 1 is 1.25 bits per heavy atom. The first-order valence-electron chi connectivity index (χ1n) is 6.86. The van der Waals surface area contributed by atoms with Crippen LogP contribution in [-0.2, 0) is 12.8 Å². The topological polar surface area (TPSA) is 54.5 Å². The number of aromatic nitrogens is 3. The molecule has 0 spiro atoms. The molecule has 0 atom stereocenters. The highest BCUT2D eigenvalue weighted by atomic mass is 32.2. The van der Waals surface area contributed by atoms with Gasteiger partial charge in [0.05, 0.1) is 11.3 Å². The van der Waals surface area contributed by atoms with Crippen molar-refractivity contribution in [3.8, 4) is 11.8 Å². The average Bonchev–Trinajstić information content (AvgIpc) is 2.90. The molecule has 0 aliphatic heterocycles. The fraction of sp³-hybridized carbons (Fsp3) is 0.400. The molecule has 5 heteroatoms. The molecule has 0 saturated heterocycles. The molecule has 4 nitrogen and oxygen atoms in total. The van der Waals surface area contributed by atoms with E-state index < -0.39 is 0 Å². The summed E-state index contributed by atoms with van der Waals surface area (Å²) in [6.45, 7) is 6.17. The van der Waals surface area contributed by atoms with E-state index in [9.17, 15) is 5.26 Å². The summed E-state index contributed by atoms with van der Waals surface area (Å²) in [6, 6.07) is 8.21. The normalized spacial score (nSPS) is 10.5. The molecule has 2 rings (SSSR count). The summed E-state index contributed by atoms with van der Waals surface area (Å²) in [5, 5.41) is 14.0. The van der Waals surface area contributed by atoms with Crippen molar-refractivity contribution in [2.24, 2.45) is 0 Å². The van der Waals surface area contributed by atoms with Crippen molar-refractivity contribution in [1.29, 1.82) is 5.26 Å². The average molecular weight is 286 g/mol. The summed E-state index contributed by atoms with van der Waals surface area (Å²) < 4.78 is 1.82. The first-order chi connectivity index (χ1) is 9.74. The van der Waals surface area contributed by atoms with Gasteiger partial charge >= 0.3 is 0 Å². The van der Waals surface area contributed by atoms with Crippen molar-refractivity contribution in [1.82, 2.24) is 14.8 Å². The Hall–Kier alpha value is -1.80. The molecule has 0 amide bonds. The third-order valence-electron chi connectivity index (χ3n) is 2.99. The highest BCUT2D eigenvalue weighted by molar-refractivity contribution is 7.99. The standard InChI is InChI=1S/C15H18N4S/c1-4-14-17-15(5-2)19(18-14)12-8-7-9-13(20-6-3)11(12)10-16/h7-9H,4-6H2,1-3H3. The summed E-state index contributed by atoms with van der Waals surface area (Å²) in [6.07, 6.45) is 1.59. The molecule has 1 aromatic carbocycles. The van der Waals surface area contributed by atoms with Crippen molar-refractivity contribution >= 4 is 11.8 Å². The highest BCUT2D eigenvalue weighted by Gasteiger charge is 2.15. The lowest BCUT2D eigenvalue weighted by molar-refractivity contribution is 0.786. The Balaban J connectivity index is 2.60. The smallest absolute Gasteiger partial charge is 0.151 e. The molecule has 1 aromatic heterocycles. The predicted octanol–water partition coefficient (Wildman–Crippen LogP) is 3.38. The second-order valence-corrected chi connectivity index (χ2v) is 5.56. The van der Waals surface area contributed by atoms with E-state index >= 15 is 0 Å². The zero-order chi connectivity index (χ0) is 14.5. The molecule has 1 heterocycles. The van der Waals surface area contributed by atoms with Crippen molar-refractivity contribution in [2.45, 2.75) is 38.5 Å². The van der Waals surface area contributed by atoms with Gasteiger partial charge in [-0.05, 0) is 17.9 Å². The van der Waals surface area contributed by atoms with Gasteiger partial charge < -0.3 is 0 Å². The van der Waals surface area contributed by atoms with Crippen molar-refractivity contribution in [2.75, 3.05) is 5.75 Å². The first-order valence-corrected chi connectivity index (χ1v) is 7.84. The zero-order valence-corrected chi connectivity index (χ0v) is 12.9. The van der Waals surface area contributed by atoms with Gasteiger partial charge in [-0.1, -0.05) is 26.8 Å². The Morgan fingerprint density at radius 2 is 2.05 bits per heavy atom. The molecule has 0 aliphatic carbocycles. The predicted molar refractivity (Wildman–Crippen MR) is 81.2 cm³/mol. The van der Waals surface area contributed by atoms with Crippen molar-refractivity contribution in [3.63, 3.8) is 0 Å². The number of hydrogen-bond acceptors (Lipinski definition) is 4. The minimum Gasteiger partial charge on any atom is -0.216 e. The van der Waals surface area contributed by atoms with Gasteiger partial charge in [-0.2, -0.15) is 10.4 Å². The van der Waals surface area contributed by atoms with Crippen molar-refractivity contribution < 1.29 is 0 Å². The van der Waals surface area contributed by atoms with E-state index in [2.05, 4.69) is 30.0 Å². The molecule has 0 N–H and O–H groups in total. The Bertz CT molecular complexity index is 640. The number of nitriles is 1. The van der Waals surface area contributed by atoms with Crippen LogP contribution in [0, 0.1) is 11.3 Å². The maximum Gasteiger partial charge on any atom is 0.151 e. The first kappa shape index (κ1) is 14.6. The monoisotopic (exact) mass is 286 g/mol. The quantitative estimate of drug-likeness (QED) is 0.791. The fourth-order valence-corrected chi connectivity index (χ4v) is 2.83. The van der Waals surface area contributed by atoms with Crippen LogP contribution >= 0.6 is 11.8 Å². The molecular formula is C15H18N4S. The van der Waals surface area contributed by atoms with Gasteiger partial charge in [0.1, 0.15) is 11.9 Å². The number of thioether (sulfide) groups is 1. The molecule has 0 saturated carbocycles. The van der Waals surface area contributed by atoms with E-state index in [4.69, 9.17) is 0 Å². The SMILES string of the molecule is CCSc1cccc(-n2nc(CC)nc2CC)c1C#N. The van der Waals surface area contributed by atoms with Gasteiger partial charge in [0.25, 0.3) is 0 Å². The lowest BCUT2D eigenvalue weighted by Crippen LogP contribution is -2.05. The second-order valence-electron chi connectivity index (χ2n) is 4.26. The molecule has 0 radical (unpaired) electrons. The third-order valence-corrected chi connectivity index (χ3v) is 3.93. The molecule has 0 aliphatic rings. The Labute approximate surface area is 123 Å². The maximum absolute atomic E-state index is 9.49. The van der Waals surface area contributed by atoms with Gasteiger partial charge in [0.15, 0.2) is 5.82 Å². The van der Waals surface area contributed by atoms with Crippen LogP contribution in [0.15, 0.2) is 23.1 Å². The number of nitrogens with zero attached hydrogens (tertiary/aromatic N) is 4. The van der Waals surface area contributed by atoms with Crippen LogP contribution in [-0.4, -0.2) is 20.5 Å². The zero-order valence-electron chi connectivity index (χ0n) is 12.1. The maximum atomic E-state index is 9.49. The van der Waals surface area contributed by atoms with Crippen LogP contribution in [0.5, 0.6) is 0 Å². The Morgan fingerprint density at radius 3 is 2.65 bits per heavy atom. The van der Waals surface area contributed by atoms with E-state index in [1.165, 1.54) is 0 Å². The minimum atomic E-state index is 0.682. The lowest BCUT2D eigenvalue weighted by Gasteiger charge is -2.09. The molecule has 104 valence electrons. The third kappa shape index (κ3) is 2.70.